The van der Waals surface area contributed by atoms with Gasteiger partial charge in [-0.05, 0) is 12.1 Å². The molecule has 0 saturated heterocycles. The second-order valence-corrected chi connectivity index (χ2v) is 4.06. The number of H-pyrrole nitrogens is 2. The highest BCUT2D eigenvalue weighted by molar-refractivity contribution is 6.36. The van der Waals surface area contributed by atoms with E-state index in [9.17, 15) is 14.0 Å². The van der Waals surface area contributed by atoms with Crippen molar-refractivity contribution in [2.75, 3.05) is 0 Å². The van der Waals surface area contributed by atoms with Gasteiger partial charge in [0.05, 0.1) is 15.7 Å². The lowest BCUT2D eigenvalue weighted by atomic mass is 10.1. The molecule has 0 aliphatic rings. The first kappa shape index (κ1) is 11.9. The predicted octanol–water partition coefficient (Wildman–Crippen LogP) is 2.18. The van der Waals surface area contributed by atoms with Crippen LogP contribution >= 0.6 is 23.2 Å². The van der Waals surface area contributed by atoms with E-state index in [1.807, 2.05) is 4.98 Å². The van der Waals surface area contributed by atoms with Crippen LogP contribution in [0.4, 0.5) is 4.39 Å². The van der Waals surface area contributed by atoms with Gasteiger partial charge in [-0.2, -0.15) is 0 Å². The first-order valence-electron chi connectivity index (χ1n) is 4.46. The smallest absolute Gasteiger partial charge is 0.307 e. The summed E-state index contributed by atoms with van der Waals surface area (Å²) >= 11 is 11.4. The largest absolute Gasteiger partial charge is 0.326 e. The minimum atomic E-state index is -0.695. The topological polar surface area (TPSA) is 65.7 Å². The fraction of sp³-hybridized carbons (Fsp3) is 0. The van der Waals surface area contributed by atoms with E-state index in [0.717, 1.165) is 12.1 Å². The van der Waals surface area contributed by atoms with Crippen molar-refractivity contribution in [3.05, 3.63) is 54.9 Å². The number of halogens is 3. The van der Waals surface area contributed by atoms with Crippen LogP contribution in [0.2, 0.25) is 10.0 Å². The summed E-state index contributed by atoms with van der Waals surface area (Å²) in [4.78, 5) is 26.5. The van der Waals surface area contributed by atoms with Gasteiger partial charge in [-0.25, -0.2) is 9.18 Å². The molecule has 1 aromatic carbocycles. The van der Waals surface area contributed by atoms with Crippen molar-refractivity contribution in [2.45, 2.75) is 0 Å². The van der Waals surface area contributed by atoms with E-state index >= 15 is 0 Å². The second kappa shape index (κ2) is 4.35. The summed E-state index contributed by atoms with van der Waals surface area (Å²) in [5.41, 5.74) is -0.981. The van der Waals surface area contributed by atoms with Crippen LogP contribution in [0, 0.1) is 5.82 Å². The molecule has 7 heteroatoms. The van der Waals surface area contributed by atoms with E-state index in [-0.39, 0.29) is 21.3 Å². The van der Waals surface area contributed by atoms with Gasteiger partial charge in [0.15, 0.2) is 0 Å². The Kier molecular flexibility index (Phi) is 3.04. The summed E-state index contributed by atoms with van der Waals surface area (Å²) in [6.45, 7) is 0. The minimum Gasteiger partial charge on any atom is -0.307 e. The van der Waals surface area contributed by atoms with E-state index in [1.165, 1.54) is 6.07 Å². The average Bonchev–Trinajstić information content (AvgIpc) is 2.22. The summed E-state index contributed by atoms with van der Waals surface area (Å²) in [7, 11) is 0. The van der Waals surface area contributed by atoms with Crippen LogP contribution in [0.3, 0.4) is 0 Å². The maximum absolute atomic E-state index is 13.3. The molecule has 0 amide bonds. The molecule has 0 atom stereocenters. The Bertz CT molecular complexity index is 665. The molecule has 0 unspecified atom stereocenters. The standard InChI is InChI=1S/C10H5Cl2FN2O2/c11-5-2-6(12)7(13)1-4(5)8-3-9(16)15-10(17)14-8/h1-3H,(H2,14,15,16,17). The minimum absolute atomic E-state index is 0.124. The van der Waals surface area contributed by atoms with Gasteiger partial charge in [-0.3, -0.25) is 9.78 Å². The van der Waals surface area contributed by atoms with Crippen LogP contribution in [0.5, 0.6) is 0 Å². The molecule has 0 spiro atoms. The van der Waals surface area contributed by atoms with Gasteiger partial charge in [-0.1, -0.05) is 23.2 Å². The molecule has 88 valence electrons. The Balaban J connectivity index is 2.72. The second-order valence-electron chi connectivity index (χ2n) is 3.25. The van der Waals surface area contributed by atoms with Gasteiger partial charge in [0.2, 0.25) is 0 Å². The highest BCUT2D eigenvalue weighted by Gasteiger charge is 2.10. The molecule has 2 N–H and O–H groups in total. The fourth-order valence-corrected chi connectivity index (χ4v) is 1.83. The molecule has 0 aliphatic carbocycles. The third-order valence-corrected chi connectivity index (χ3v) is 2.66. The van der Waals surface area contributed by atoms with E-state index in [1.54, 1.807) is 0 Å². The van der Waals surface area contributed by atoms with Crippen LogP contribution in [0.15, 0.2) is 27.8 Å². The zero-order valence-electron chi connectivity index (χ0n) is 8.18. The maximum atomic E-state index is 13.3. The van der Waals surface area contributed by atoms with Crippen molar-refractivity contribution in [3.63, 3.8) is 0 Å². The molecule has 17 heavy (non-hydrogen) atoms. The number of aromatic nitrogens is 2. The maximum Gasteiger partial charge on any atom is 0.326 e. The van der Waals surface area contributed by atoms with Gasteiger partial charge < -0.3 is 4.98 Å². The van der Waals surface area contributed by atoms with Crippen molar-refractivity contribution in [3.8, 4) is 11.3 Å². The summed E-state index contributed by atoms with van der Waals surface area (Å²) in [6.07, 6.45) is 0. The number of benzene rings is 1. The number of hydrogen-bond acceptors (Lipinski definition) is 2. The Hall–Kier alpha value is -1.59. The first-order valence-corrected chi connectivity index (χ1v) is 5.21. The van der Waals surface area contributed by atoms with Gasteiger partial charge in [-0.15, -0.1) is 0 Å². The molecule has 2 rings (SSSR count). The van der Waals surface area contributed by atoms with Crippen molar-refractivity contribution >= 4 is 23.2 Å². The SMILES string of the molecule is O=c1cc(-c2cc(F)c(Cl)cc2Cl)[nH]c(=O)[nH]1. The highest BCUT2D eigenvalue weighted by Crippen LogP contribution is 2.30. The molecule has 4 nitrogen and oxygen atoms in total. The molecule has 0 saturated carbocycles. The first-order chi connectivity index (χ1) is 7.97. The number of aromatic amines is 2. The third kappa shape index (κ3) is 2.40. The molecular formula is C10H5Cl2FN2O2. The van der Waals surface area contributed by atoms with Gasteiger partial charge in [0.1, 0.15) is 5.82 Å². The van der Waals surface area contributed by atoms with Crippen molar-refractivity contribution in [1.82, 2.24) is 9.97 Å². The summed E-state index contributed by atoms with van der Waals surface area (Å²) in [5.74, 6) is -0.688. The fourth-order valence-electron chi connectivity index (χ4n) is 1.34. The summed E-state index contributed by atoms with van der Waals surface area (Å²) in [5, 5.41) is 0.00332. The molecule has 2 aromatic rings. The molecule has 0 aliphatic heterocycles. The van der Waals surface area contributed by atoms with Crippen molar-refractivity contribution in [2.24, 2.45) is 0 Å². The lowest BCUT2D eigenvalue weighted by Crippen LogP contribution is -2.21. The molecule has 1 aromatic heterocycles. The number of rotatable bonds is 1. The van der Waals surface area contributed by atoms with Crippen LogP contribution in [-0.2, 0) is 0 Å². The van der Waals surface area contributed by atoms with Gasteiger partial charge >= 0.3 is 5.69 Å². The van der Waals surface area contributed by atoms with Crippen LogP contribution in [0.1, 0.15) is 0 Å². The number of nitrogens with one attached hydrogen (secondary N) is 2. The van der Waals surface area contributed by atoms with Crippen LogP contribution < -0.4 is 11.2 Å². The van der Waals surface area contributed by atoms with E-state index in [2.05, 4.69) is 4.98 Å². The van der Waals surface area contributed by atoms with Crippen molar-refractivity contribution in [1.29, 1.82) is 0 Å². The zero-order valence-corrected chi connectivity index (χ0v) is 9.69. The Morgan fingerprint density at radius 1 is 1.00 bits per heavy atom. The quantitative estimate of drug-likeness (QED) is 0.783. The molecule has 0 bridgehead atoms. The molecule has 0 fully saturated rings. The lowest BCUT2D eigenvalue weighted by molar-refractivity contribution is 0.628. The van der Waals surface area contributed by atoms with E-state index in [0.29, 0.717) is 0 Å². The molecule has 1 heterocycles. The summed E-state index contributed by atoms with van der Waals surface area (Å²) < 4.78 is 13.3. The Morgan fingerprint density at radius 3 is 2.35 bits per heavy atom. The molecule has 0 radical (unpaired) electrons. The Morgan fingerprint density at radius 2 is 1.71 bits per heavy atom. The third-order valence-electron chi connectivity index (χ3n) is 2.06. The van der Waals surface area contributed by atoms with E-state index < -0.39 is 17.1 Å². The van der Waals surface area contributed by atoms with Crippen molar-refractivity contribution < 1.29 is 4.39 Å². The average molecular weight is 275 g/mol. The Labute approximate surface area is 104 Å². The van der Waals surface area contributed by atoms with E-state index in [4.69, 9.17) is 23.2 Å². The van der Waals surface area contributed by atoms with Gasteiger partial charge in [0.25, 0.3) is 5.56 Å². The molecular weight excluding hydrogens is 270 g/mol. The lowest BCUT2D eigenvalue weighted by Gasteiger charge is -2.05. The highest BCUT2D eigenvalue weighted by atomic mass is 35.5. The monoisotopic (exact) mass is 274 g/mol. The van der Waals surface area contributed by atoms with Crippen LogP contribution in [0.25, 0.3) is 11.3 Å². The predicted molar refractivity (Wildman–Crippen MR) is 63.1 cm³/mol. The number of hydrogen-bond donors (Lipinski definition) is 2. The normalized spacial score (nSPS) is 10.5. The zero-order chi connectivity index (χ0) is 12.6. The summed E-state index contributed by atoms with van der Waals surface area (Å²) in [6, 6.07) is 3.36. The van der Waals surface area contributed by atoms with Gasteiger partial charge in [0, 0.05) is 11.6 Å². The van der Waals surface area contributed by atoms with Crippen LogP contribution in [-0.4, -0.2) is 9.97 Å².